The Hall–Kier alpha value is -4.49. The highest BCUT2D eigenvalue weighted by Gasteiger charge is 2.21. The number of hydrogen-bond donors (Lipinski definition) is 3. The zero-order valence-corrected chi connectivity index (χ0v) is 20.1. The van der Waals surface area contributed by atoms with Gasteiger partial charge in [-0.1, -0.05) is 17.3 Å². The molecule has 1 aromatic carbocycles. The maximum atomic E-state index is 13.1. The predicted molar refractivity (Wildman–Crippen MR) is 130 cm³/mol. The molecule has 0 unspecified atom stereocenters. The summed E-state index contributed by atoms with van der Waals surface area (Å²) >= 11 is 0. The van der Waals surface area contributed by atoms with Crippen LogP contribution in [0.2, 0.25) is 0 Å². The van der Waals surface area contributed by atoms with Gasteiger partial charge in [0.05, 0.1) is 37.9 Å². The Balaban J connectivity index is 1.28. The number of rotatable bonds is 10. The lowest BCUT2D eigenvalue weighted by Crippen LogP contribution is -2.20. The minimum Gasteiger partial charge on any atom is -0.387 e. The first-order chi connectivity index (χ1) is 18.4. The minimum absolute atomic E-state index is 0.115. The Bertz CT molecular complexity index is 1550. The van der Waals surface area contributed by atoms with Crippen LogP contribution in [-0.2, 0) is 24.4 Å². The number of hydrogen-bond acceptors (Lipinski definition) is 8. The van der Waals surface area contributed by atoms with E-state index in [1.165, 1.54) is 6.20 Å². The van der Waals surface area contributed by atoms with Crippen LogP contribution in [-0.4, -0.2) is 53.0 Å². The van der Waals surface area contributed by atoms with E-state index in [0.29, 0.717) is 35.8 Å². The number of aromatic amines is 1. The number of amides is 1. The summed E-state index contributed by atoms with van der Waals surface area (Å²) in [5, 5.41) is 16.0. The van der Waals surface area contributed by atoms with E-state index in [9.17, 15) is 18.7 Å². The molecule has 0 radical (unpaired) electrons. The number of halogens is 2. The number of aryl methyl sites for hydroxylation is 1. The number of pyridine rings is 1. The summed E-state index contributed by atoms with van der Waals surface area (Å²) in [5.74, 6) is -0.349. The van der Waals surface area contributed by atoms with Crippen LogP contribution in [0.15, 0.2) is 59.8 Å². The SMILES string of the molecule is Cc1ccc(-c2noc(C[C@H](O)C(F)F)n2)cc1NC(=O)c1cnc2cc(COCc3c[nH]cn3)ccn12. The van der Waals surface area contributed by atoms with E-state index < -0.39 is 19.0 Å². The van der Waals surface area contributed by atoms with Crippen LogP contribution in [0.4, 0.5) is 14.5 Å². The van der Waals surface area contributed by atoms with Gasteiger partial charge in [0.15, 0.2) is 0 Å². The Morgan fingerprint density at radius 2 is 2.11 bits per heavy atom. The maximum Gasteiger partial charge on any atom is 0.274 e. The first-order valence-corrected chi connectivity index (χ1v) is 11.6. The van der Waals surface area contributed by atoms with Crippen molar-refractivity contribution >= 4 is 17.2 Å². The number of alkyl halides is 2. The van der Waals surface area contributed by atoms with Gasteiger partial charge in [0, 0.05) is 23.6 Å². The number of benzene rings is 1. The molecule has 0 aliphatic rings. The molecule has 0 aliphatic carbocycles. The quantitative estimate of drug-likeness (QED) is 0.252. The summed E-state index contributed by atoms with van der Waals surface area (Å²) < 4.78 is 37.5. The zero-order valence-electron chi connectivity index (χ0n) is 20.1. The lowest BCUT2D eigenvalue weighted by atomic mass is 10.1. The van der Waals surface area contributed by atoms with Crippen molar-refractivity contribution in [3.8, 4) is 11.4 Å². The van der Waals surface area contributed by atoms with Crippen LogP contribution in [0.1, 0.15) is 33.2 Å². The largest absolute Gasteiger partial charge is 0.387 e. The molecule has 4 heterocycles. The van der Waals surface area contributed by atoms with Gasteiger partial charge in [-0.25, -0.2) is 18.7 Å². The second-order valence-electron chi connectivity index (χ2n) is 8.56. The number of nitrogens with zero attached hydrogens (tertiary/aromatic N) is 5. The van der Waals surface area contributed by atoms with Gasteiger partial charge in [-0.3, -0.25) is 9.20 Å². The van der Waals surface area contributed by atoms with Gasteiger partial charge in [0.2, 0.25) is 11.7 Å². The van der Waals surface area contributed by atoms with Crippen molar-refractivity contribution in [2.24, 2.45) is 0 Å². The molecule has 0 saturated heterocycles. The number of ether oxygens (including phenoxy) is 1. The lowest BCUT2D eigenvalue weighted by molar-refractivity contribution is -0.00754. The number of anilines is 1. The van der Waals surface area contributed by atoms with Crippen molar-refractivity contribution in [2.75, 3.05) is 5.32 Å². The van der Waals surface area contributed by atoms with Gasteiger partial charge in [-0.15, -0.1) is 0 Å². The monoisotopic (exact) mass is 523 g/mol. The van der Waals surface area contributed by atoms with E-state index in [1.807, 2.05) is 19.1 Å². The standard InChI is InChI=1S/C25H23F2N7O4/c1-14-2-3-16(24-32-22(38-33-24)8-20(35)23(26)27)7-18(14)31-25(36)19-10-29-21-6-15(4-5-34(19)21)11-37-12-17-9-28-13-30-17/h2-7,9-10,13,20,23,35H,8,11-12H2,1H3,(H,28,30)(H,31,36)/t20-/m0/s1. The molecule has 11 nitrogen and oxygen atoms in total. The average Bonchev–Trinajstić information content (AvgIpc) is 3.66. The van der Waals surface area contributed by atoms with Crippen LogP contribution in [0, 0.1) is 6.92 Å². The first-order valence-electron chi connectivity index (χ1n) is 11.6. The number of nitrogens with one attached hydrogen (secondary N) is 2. The van der Waals surface area contributed by atoms with Crippen LogP contribution in [0.5, 0.6) is 0 Å². The highest BCUT2D eigenvalue weighted by atomic mass is 19.3. The highest BCUT2D eigenvalue weighted by molar-refractivity contribution is 6.04. The van der Waals surface area contributed by atoms with Crippen molar-refractivity contribution in [3.63, 3.8) is 0 Å². The number of aliphatic hydroxyl groups is 1. The second-order valence-corrected chi connectivity index (χ2v) is 8.56. The summed E-state index contributed by atoms with van der Waals surface area (Å²) in [6.07, 6.45) is 1.31. The molecular formula is C25H23F2N7O4. The highest BCUT2D eigenvalue weighted by Crippen LogP contribution is 2.25. The van der Waals surface area contributed by atoms with E-state index in [1.54, 1.807) is 41.3 Å². The Morgan fingerprint density at radius 1 is 1.24 bits per heavy atom. The molecular weight excluding hydrogens is 500 g/mol. The van der Waals surface area contributed by atoms with Crippen molar-refractivity contribution in [1.82, 2.24) is 29.5 Å². The molecule has 0 saturated carbocycles. The molecule has 0 spiro atoms. The predicted octanol–water partition coefficient (Wildman–Crippen LogP) is 3.55. The normalized spacial score (nSPS) is 12.3. The van der Waals surface area contributed by atoms with Crippen LogP contribution in [0.3, 0.4) is 0 Å². The van der Waals surface area contributed by atoms with Gasteiger partial charge < -0.3 is 24.7 Å². The Kier molecular flexibility index (Phi) is 7.20. The average molecular weight is 524 g/mol. The van der Waals surface area contributed by atoms with E-state index in [0.717, 1.165) is 16.8 Å². The molecule has 0 bridgehead atoms. The molecule has 1 amide bonds. The van der Waals surface area contributed by atoms with Crippen LogP contribution < -0.4 is 5.32 Å². The number of imidazole rings is 2. The molecule has 38 heavy (non-hydrogen) atoms. The summed E-state index contributed by atoms with van der Waals surface area (Å²) in [6.45, 7) is 2.56. The van der Waals surface area contributed by atoms with Crippen molar-refractivity contribution < 1.29 is 27.9 Å². The summed E-state index contributed by atoms with van der Waals surface area (Å²) in [4.78, 5) is 28.5. The smallest absolute Gasteiger partial charge is 0.274 e. The number of carbonyl (C=O) groups is 1. The maximum absolute atomic E-state index is 13.1. The van der Waals surface area contributed by atoms with Crippen LogP contribution >= 0.6 is 0 Å². The van der Waals surface area contributed by atoms with Crippen molar-refractivity contribution in [2.45, 2.75) is 39.1 Å². The van der Waals surface area contributed by atoms with Gasteiger partial charge in [-0.2, -0.15) is 4.98 Å². The van der Waals surface area contributed by atoms with Gasteiger partial charge in [0.1, 0.15) is 17.4 Å². The third-order valence-electron chi connectivity index (χ3n) is 5.77. The van der Waals surface area contributed by atoms with Crippen LogP contribution in [0.25, 0.3) is 17.0 Å². The molecule has 13 heteroatoms. The number of carbonyl (C=O) groups excluding carboxylic acids is 1. The fourth-order valence-corrected chi connectivity index (χ4v) is 3.73. The van der Waals surface area contributed by atoms with E-state index in [4.69, 9.17) is 9.26 Å². The number of H-pyrrole nitrogens is 1. The Labute approximate surface area is 214 Å². The lowest BCUT2D eigenvalue weighted by Gasteiger charge is -2.10. The van der Waals surface area contributed by atoms with Crippen molar-refractivity contribution in [3.05, 3.63) is 83.7 Å². The molecule has 5 rings (SSSR count). The second kappa shape index (κ2) is 10.9. The molecule has 0 fully saturated rings. The fraction of sp³-hybridized carbons (Fsp3) is 0.240. The fourth-order valence-electron chi connectivity index (χ4n) is 3.73. The topological polar surface area (TPSA) is 143 Å². The number of fused-ring (bicyclic) bond motifs is 1. The third-order valence-corrected chi connectivity index (χ3v) is 5.77. The van der Waals surface area contributed by atoms with Crippen molar-refractivity contribution in [1.29, 1.82) is 0 Å². The minimum atomic E-state index is -2.92. The molecule has 196 valence electrons. The molecule has 0 aliphatic heterocycles. The first kappa shape index (κ1) is 25.2. The molecule has 4 aromatic heterocycles. The Morgan fingerprint density at radius 3 is 2.89 bits per heavy atom. The summed E-state index contributed by atoms with van der Waals surface area (Å²) in [7, 11) is 0. The third kappa shape index (κ3) is 5.58. The summed E-state index contributed by atoms with van der Waals surface area (Å²) in [5.41, 5.74) is 4.41. The van der Waals surface area contributed by atoms with Gasteiger partial charge >= 0.3 is 0 Å². The van der Waals surface area contributed by atoms with Gasteiger partial charge in [-0.05, 0) is 36.2 Å². The van der Waals surface area contributed by atoms with E-state index in [-0.39, 0.29) is 17.6 Å². The molecule has 3 N–H and O–H groups in total. The molecule has 5 aromatic rings. The summed E-state index contributed by atoms with van der Waals surface area (Å²) in [6, 6.07) is 8.82. The zero-order chi connectivity index (χ0) is 26.6. The number of aliphatic hydroxyl groups excluding tert-OH is 1. The number of aromatic nitrogens is 6. The van der Waals surface area contributed by atoms with E-state index >= 15 is 0 Å². The van der Waals surface area contributed by atoms with Gasteiger partial charge in [0.25, 0.3) is 12.3 Å². The molecule has 1 atom stereocenters. The van der Waals surface area contributed by atoms with E-state index in [2.05, 4.69) is 30.4 Å².